The highest BCUT2D eigenvalue weighted by Crippen LogP contribution is 2.45. The largest absolute Gasteiger partial charge is 0.490 e. The van der Waals surface area contributed by atoms with E-state index in [1.54, 1.807) is 0 Å². The standard InChI is InChI=1S/C35H38N2O4/c1-3-40-32-21-25(17-18-31(32)41-35(39)24-9-5-4-6-10-24)34-33-29(36-27-11-7-8-12-28(27)37-34)19-26(20-30(33)38)23-15-13-22(2)14-16-23/h7-8,11-18,21,24,26,34,36-37H,3-6,9-10,19-20H2,1-2H3. The lowest BCUT2D eigenvalue weighted by Crippen LogP contribution is -2.27. The first-order valence-corrected chi connectivity index (χ1v) is 14.9. The lowest BCUT2D eigenvalue weighted by atomic mass is 9.78. The third kappa shape index (κ3) is 5.74. The van der Waals surface area contributed by atoms with Gasteiger partial charge in [-0.15, -0.1) is 0 Å². The van der Waals surface area contributed by atoms with E-state index in [2.05, 4.69) is 41.8 Å². The van der Waals surface area contributed by atoms with E-state index in [1.165, 1.54) is 17.5 Å². The zero-order valence-corrected chi connectivity index (χ0v) is 23.9. The van der Waals surface area contributed by atoms with Crippen LogP contribution in [0.1, 0.15) is 80.5 Å². The van der Waals surface area contributed by atoms with Crippen molar-refractivity contribution < 1.29 is 19.1 Å². The van der Waals surface area contributed by atoms with Crippen molar-refractivity contribution in [2.24, 2.45) is 5.92 Å². The summed E-state index contributed by atoms with van der Waals surface area (Å²) in [6, 6.07) is 21.9. The quantitative estimate of drug-likeness (QED) is 0.240. The van der Waals surface area contributed by atoms with Gasteiger partial charge in [-0.05, 0) is 74.4 Å². The number of para-hydroxylation sites is 2. The van der Waals surface area contributed by atoms with Crippen molar-refractivity contribution in [3.8, 4) is 11.5 Å². The van der Waals surface area contributed by atoms with Crippen LogP contribution >= 0.6 is 0 Å². The summed E-state index contributed by atoms with van der Waals surface area (Å²) in [4.78, 5) is 26.9. The summed E-state index contributed by atoms with van der Waals surface area (Å²) in [5.74, 6) is 0.948. The molecule has 0 radical (unpaired) electrons. The molecule has 6 nitrogen and oxygen atoms in total. The Morgan fingerprint density at radius 3 is 2.37 bits per heavy atom. The number of ketones is 1. The minimum absolute atomic E-state index is 0.0574. The van der Waals surface area contributed by atoms with Crippen LogP contribution in [0.5, 0.6) is 11.5 Å². The molecule has 6 heteroatoms. The third-order valence-electron chi connectivity index (χ3n) is 8.61. The summed E-state index contributed by atoms with van der Waals surface area (Å²) in [7, 11) is 0. The zero-order valence-electron chi connectivity index (χ0n) is 23.9. The SMILES string of the molecule is CCOc1cc(C2Nc3ccccc3NC3=C2C(=O)CC(c2ccc(C)cc2)C3)ccc1OC(=O)C1CCCCC1. The Bertz CT molecular complexity index is 1470. The molecule has 2 N–H and O–H groups in total. The van der Waals surface area contributed by atoms with Gasteiger partial charge in [0.2, 0.25) is 0 Å². The van der Waals surface area contributed by atoms with E-state index >= 15 is 0 Å². The van der Waals surface area contributed by atoms with Gasteiger partial charge in [0, 0.05) is 17.7 Å². The van der Waals surface area contributed by atoms with Gasteiger partial charge in [-0.25, -0.2) is 0 Å². The van der Waals surface area contributed by atoms with Crippen molar-refractivity contribution in [2.45, 2.75) is 70.8 Å². The molecule has 0 aromatic heterocycles. The highest BCUT2D eigenvalue weighted by molar-refractivity contribution is 6.01. The van der Waals surface area contributed by atoms with Gasteiger partial charge in [0.1, 0.15) is 0 Å². The Kier molecular flexibility index (Phi) is 7.82. The van der Waals surface area contributed by atoms with Crippen LogP contribution in [0.3, 0.4) is 0 Å². The first-order valence-electron chi connectivity index (χ1n) is 14.9. The summed E-state index contributed by atoms with van der Waals surface area (Å²) in [5, 5.41) is 7.26. The van der Waals surface area contributed by atoms with E-state index in [9.17, 15) is 9.59 Å². The number of ether oxygens (including phenoxy) is 2. The number of carbonyl (C=O) groups excluding carboxylic acids is 2. The number of carbonyl (C=O) groups is 2. The molecule has 1 aliphatic heterocycles. The van der Waals surface area contributed by atoms with Crippen LogP contribution in [0.4, 0.5) is 11.4 Å². The molecule has 3 aromatic carbocycles. The number of aryl methyl sites for hydroxylation is 1. The average molecular weight is 551 g/mol. The van der Waals surface area contributed by atoms with Crippen molar-refractivity contribution in [2.75, 3.05) is 17.2 Å². The highest BCUT2D eigenvalue weighted by atomic mass is 16.6. The molecule has 3 aromatic rings. The van der Waals surface area contributed by atoms with E-state index in [4.69, 9.17) is 9.47 Å². The molecule has 0 bridgehead atoms. The van der Waals surface area contributed by atoms with Gasteiger partial charge < -0.3 is 20.1 Å². The summed E-state index contributed by atoms with van der Waals surface area (Å²) in [6.07, 6.45) is 6.26. The second-order valence-electron chi connectivity index (χ2n) is 11.5. The molecule has 2 atom stereocenters. The summed E-state index contributed by atoms with van der Waals surface area (Å²) in [6.45, 7) is 4.43. The van der Waals surface area contributed by atoms with Crippen LogP contribution in [0.2, 0.25) is 0 Å². The average Bonchev–Trinajstić information content (AvgIpc) is 3.16. The third-order valence-corrected chi connectivity index (χ3v) is 8.61. The Morgan fingerprint density at radius 1 is 0.878 bits per heavy atom. The number of benzene rings is 3. The van der Waals surface area contributed by atoms with Gasteiger partial charge in [-0.1, -0.05) is 67.3 Å². The van der Waals surface area contributed by atoms with Crippen LogP contribution in [0.25, 0.3) is 0 Å². The lowest BCUT2D eigenvalue weighted by molar-refractivity contribution is -0.140. The Hall–Kier alpha value is -4.06. The maximum atomic E-state index is 13.9. The van der Waals surface area contributed by atoms with Gasteiger partial charge in [-0.2, -0.15) is 0 Å². The molecule has 2 unspecified atom stereocenters. The summed E-state index contributed by atoms with van der Waals surface area (Å²) in [5.41, 5.74) is 6.85. The number of allylic oxidation sites excluding steroid dienone is 1. The van der Waals surface area contributed by atoms with Gasteiger partial charge in [0.05, 0.1) is 29.9 Å². The van der Waals surface area contributed by atoms with E-state index in [1.807, 2.05) is 49.4 Å². The lowest BCUT2D eigenvalue weighted by Gasteiger charge is -2.30. The normalized spacial score (nSPS) is 20.7. The molecule has 2 aliphatic carbocycles. The predicted octanol–water partition coefficient (Wildman–Crippen LogP) is 7.86. The number of anilines is 2. The number of hydrogen-bond donors (Lipinski definition) is 2. The predicted molar refractivity (Wildman–Crippen MR) is 161 cm³/mol. The molecule has 0 spiro atoms. The van der Waals surface area contributed by atoms with E-state index < -0.39 is 0 Å². The minimum atomic E-state index is -0.380. The fraction of sp³-hybridized carbons (Fsp3) is 0.371. The number of Topliss-reactive ketones (excluding diaryl/α,β-unsaturated/α-hetero) is 1. The fourth-order valence-corrected chi connectivity index (χ4v) is 6.40. The second-order valence-corrected chi connectivity index (χ2v) is 11.5. The Labute approximate surface area is 242 Å². The molecule has 1 fully saturated rings. The van der Waals surface area contributed by atoms with Gasteiger partial charge >= 0.3 is 5.97 Å². The number of rotatable bonds is 6. The second kappa shape index (κ2) is 11.8. The van der Waals surface area contributed by atoms with E-state index in [-0.39, 0.29) is 29.6 Å². The fourth-order valence-electron chi connectivity index (χ4n) is 6.40. The van der Waals surface area contributed by atoms with Crippen LogP contribution in [0, 0.1) is 12.8 Å². The highest BCUT2D eigenvalue weighted by Gasteiger charge is 2.36. The zero-order chi connectivity index (χ0) is 28.3. The molecule has 1 saturated carbocycles. The first kappa shape index (κ1) is 27.1. The molecular weight excluding hydrogens is 512 g/mol. The van der Waals surface area contributed by atoms with Crippen molar-refractivity contribution in [1.82, 2.24) is 0 Å². The van der Waals surface area contributed by atoms with Crippen molar-refractivity contribution in [3.05, 3.63) is 94.7 Å². The number of hydrogen-bond acceptors (Lipinski definition) is 6. The molecule has 41 heavy (non-hydrogen) atoms. The van der Waals surface area contributed by atoms with E-state index in [0.717, 1.165) is 60.3 Å². The monoisotopic (exact) mass is 550 g/mol. The van der Waals surface area contributed by atoms with Crippen LogP contribution in [0.15, 0.2) is 78.0 Å². The van der Waals surface area contributed by atoms with Gasteiger partial charge in [0.25, 0.3) is 0 Å². The first-order chi connectivity index (χ1) is 20.0. The molecule has 3 aliphatic rings. The number of esters is 1. The maximum Gasteiger partial charge on any atom is 0.314 e. The molecule has 212 valence electrons. The molecule has 1 heterocycles. The number of nitrogens with one attached hydrogen (secondary N) is 2. The smallest absolute Gasteiger partial charge is 0.314 e. The van der Waals surface area contributed by atoms with Crippen molar-refractivity contribution in [3.63, 3.8) is 0 Å². The Balaban J connectivity index is 1.36. The molecule has 0 amide bonds. The van der Waals surface area contributed by atoms with Crippen LogP contribution in [-0.4, -0.2) is 18.4 Å². The van der Waals surface area contributed by atoms with Gasteiger partial charge in [-0.3, -0.25) is 9.59 Å². The van der Waals surface area contributed by atoms with Crippen molar-refractivity contribution in [1.29, 1.82) is 0 Å². The van der Waals surface area contributed by atoms with E-state index in [0.29, 0.717) is 24.5 Å². The summed E-state index contributed by atoms with van der Waals surface area (Å²) >= 11 is 0. The Morgan fingerprint density at radius 2 is 1.61 bits per heavy atom. The minimum Gasteiger partial charge on any atom is -0.490 e. The number of fused-ring (bicyclic) bond motifs is 1. The van der Waals surface area contributed by atoms with Crippen LogP contribution < -0.4 is 20.1 Å². The molecule has 0 saturated heterocycles. The maximum absolute atomic E-state index is 13.9. The molecule has 6 rings (SSSR count). The van der Waals surface area contributed by atoms with Crippen LogP contribution in [-0.2, 0) is 9.59 Å². The topological polar surface area (TPSA) is 76.7 Å². The van der Waals surface area contributed by atoms with Gasteiger partial charge in [0.15, 0.2) is 17.3 Å². The van der Waals surface area contributed by atoms with Crippen molar-refractivity contribution >= 4 is 23.1 Å². The molecular formula is C35H38N2O4. The summed E-state index contributed by atoms with van der Waals surface area (Å²) < 4.78 is 11.9.